The molecule has 0 N–H and O–H groups in total. The minimum atomic E-state index is -0.515. The van der Waals surface area contributed by atoms with Gasteiger partial charge in [0.15, 0.2) is 5.76 Å². The molecular formula is C17H10Cl2O4. The Morgan fingerprint density at radius 1 is 1.17 bits per heavy atom. The third-order valence-electron chi connectivity index (χ3n) is 3.34. The number of fused-ring (bicyclic) bond motifs is 1. The number of methoxy groups -OCH3 is 1. The monoisotopic (exact) mass is 348 g/mol. The molecule has 0 saturated heterocycles. The fraction of sp³-hybridized carbons (Fsp3) is 0.0588. The maximum absolute atomic E-state index is 12.4. The Balaban J connectivity index is 1.97. The molecule has 6 heteroatoms. The van der Waals surface area contributed by atoms with Gasteiger partial charge in [0.2, 0.25) is 5.78 Å². The first kappa shape index (κ1) is 15.6. The molecular weight excluding hydrogens is 339 g/mol. The van der Waals surface area contributed by atoms with Crippen LogP contribution in [0.25, 0.3) is 6.08 Å². The van der Waals surface area contributed by atoms with E-state index in [2.05, 4.69) is 4.74 Å². The SMILES string of the molecule is COC(=O)c1ccc2c(c1)C(=O)/C(=C/c1ccc(Cl)cc1Cl)O2. The molecule has 0 atom stereocenters. The van der Waals surface area contributed by atoms with Gasteiger partial charge in [-0.15, -0.1) is 0 Å². The summed E-state index contributed by atoms with van der Waals surface area (Å²) in [4.78, 5) is 24.0. The van der Waals surface area contributed by atoms with Crippen molar-refractivity contribution >= 4 is 41.0 Å². The highest BCUT2D eigenvalue weighted by molar-refractivity contribution is 6.35. The summed E-state index contributed by atoms with van der Waals surface area (Å²) < 4.78 is 10.2. The van der Waals surface area contributed by atoms with E-state index in [0.717, 1.165) is 0 Å². The zero-order chi connectivity index (χ0) is 16.6. The molecule has 0 saturated carbocycles. The highest BCUT2D eigenvalue weighted by atomic mass is 35.5. The summed E-state index contributed by atoms with van der Waals surface area (Å²) in [5.41, 5.74) is 1.21. The fourth-order valence-corrected chi connectivity index (χ4v) is 2.66. The molecule has 0 amide bonds. The van der Waals surface area contributed by atoms with Crippen LogP contribution in [-0.2, 0) is 4.74 Å². The van der Waals surface area contributed by atoms with Gasteiger partial charge in [-0.25, -0.2) is 4.79 Å². The van der Waals surface area contributed by atoms with Gasteiger partial charge < -0.3 is 9.47 Å². The summed E-state index contributed by atoms with van der Waals surface area (Å²) in [5.74, 6) is -0.319. The topological polar surface area (TPSA) is 52.6 Å². The van der Waals surface area contributed by atoms with Crippen molar-refractivity contribution in [1.82, 2.24) is 0 Å². The number of ketones is 1. The zero-order valence-corrected chi connectivity index (χ0v) is 13.4. The van der Waals surface area contributed by atoms with Gasteiger partial charge in [0, 0.05) is 10.0 Å². The zero-order valence-electron chi connectivity index (χ0n) is 11.9. The van der Waals surface area contributed by atoms with Crippen LogP contribution in [0.4, 0.5) is 0 Å². The third kappa shape index (κ3) is 2.96. The van der Waals surface area contributed by atoms with Crippen LogP contribution >= 0.6 is 23.2 Å². The van der Waals surface area contributed by atoms with Crippen molar-refractivity contribution in [2.45, 2.75) is 0 Å². The van der Waals surface area contributed by atoms with Gasteiger partial charge in [-0.05, 0) is 42.0 Å². The van der Waals surface area contributed by atoms with E-state index in [-0.39, 0.29) is 17.1 Å². The molecule has 2 aromatic carbocycles. The Morgan fingerprint density at radius 2 is 1.96 bits per heavy atom. The lowest BCUT2D eigenvalue weighted by Crippen LogP contribution is -2.03. The molecule has 4 nitrogen and oxygen atoms in total. The van der Waals surface area contributed by atoms with Gasteiger partial charge in [-0.3, -0.25) is 4.79 Å². The molecule has 116 valence electrons. The second-order valence-corrected chi connectivity index (χ2v) is 5.65. The summed E-state index contributed by atoms with van der Waals surface area (Å²) in [6, 6.07) is 9.49. The van der Waals surface area contributed by atoms with E-state index in [0.29, 0.717) is 26.9 Å². The van der Waals surface area contributed by atoms with E-state index < -0.39 is 5.97 Å². The smallest absolute Gasteiger partial charge is 0.337 e. The molecule has 0 bridgehead atoms. The number of ether oxygens (including phenoxy) is 2. The van der Waals surface area contributed by atoms with Crippen molar-refractivity contribution in [1.29, 1.82) is 0 Å². The number of esters is 1. The van der Waals surface area contributed by atoms with Crippen LogP contribution in [-0.4, -0.2) is 18.9 Å². The van der Waals surface area contributed by atoms with E-state index in [9.17, 15) is 9.59 Å². The highest BCUT2D eigenvalue weighted by Gasteiger charge is 2.28. The molecule has 0 fully saturated rings. The van der Waals surface area contributed by atoms with Gasteiger partial charge >= 0.3 is 5.97 Å². The molecule has 2 aromatic rings. The third-order valence-corrected chi connectivity index (χ3v) is 3.90. The molecule has 23 heavy (non-hydrogen) atoms. The molecule has 0 aromatic heterocycles. The normalized spacial score (nSPS) is 14.6. The molecule has 0 aliphatic carbocycles. The number of allylic oxidation sites excluding steroid dienone is 1. The van der Waals surface area contributed by atoms with E-state index in [4.69, 9.17) is 27.9 Å². The number of carbonyl (C=O) groups excluding carboxylic acids is 2. The van der Waals surface area contributed by atoms with Crippen LogP contribution < -0.4 is 4.74 Å². The molecule has 3 rings (SSSR count). The Kier molecular flexibility index (Phi) is 4.11. The summed E-state index contributed by atoms with van der Waals surface area (Å²) in [6.45, 7) is 0. The van der Waals surface area contributed by atoms with E-state index in [1.54, 1.807) is 30.3 Å². The first-order valence-electron chi connectivity index (χ1n) is 6.61. The Hall–Kier alpha value is -2.30. The van der Waals surface area contributed by atoms with E-state index in [1.807, 2.05) is 0 Å². The van der Waals surface area contributed by atoms with Crippen LogP contribution in [0.5, 0.6) is 5.75 Å². The summed E-state index contributed by atoms with van der Waals surface area (Å²) >= 11 is 11.9. The van der Waals surface area contributed by atoms with Gasteiger partial charge in [0.25, 0.3) is 0 Å². The molecule has 1 aliphatic heterocycles. The van der Waals surface area contributed by atoms with E-state index in [1.165, 1.54) is 19.2 Å². The first-order valence-corrected chi connectivity index (χ1v) is 7.37. The molecule has 0 unspecified atom stereocenters. The maximum Gasteiger partial charge on any atom is 0.337 e. The van der Waals surface area contributed by atoms with Crippen molar-refractivity contribution in [3.8, 4) is 5.75 Å². The second-order valence-electron chi connectivity index (χ2n) is 4.81. The highest BCUT2D eigenvalue weighted by Crippen LogP contribution is 2.33. The Labute approximate surface area is 142 Å². The van der Waals surface area contributed by atoms with Gasteiger partial charge in [-0.2, -0.15) is 0 Å². The number of rotatable bonds is 2. The fourth-order valence-electron chi connectivity index (χ4n) is 2.19. The van der Waals surface area contributed by atoms with Gasteiger partial charge in [0.05, 0.1) is 18.2 Å². The number of carbonyl (C=O) groups is 2. The van der Waals surface area contributed by atoms with E-state index >= 15 is 0 Å². The summed E-state index contributed by atoms with van der Waals surface area (Å²) in [5, 5.41) is 0.912. The molecule has 0 spiro atoms. The van der Waals surface area contributed by atoms with Crippen LogP contribution in [0.2, 0.25) is 10.0 Å². The molecule has 1 heterocycles. The van der Waals surface area contributed by atoms with Crippen molar-refractivity contribution in [3.05, 3.63) is 68.9 Å². The summed E-state index contributed by atoms with van der Waals surface area (Å²) in [7, 11) is 1.28. The van der Waals surface area contributed by atoms with Crippen molar-refractivity contribution in [2.24, 2.45) is 0 Å². The van der Waals surface area contributed by atoms with Crippen LogP contribution in [0, 0.1) is 0 Å². The maximum atomic E-state index is 12.4. The Bertz CT molecular complexity index is 856. The molecule has 0 radical (unpaired) electrons. The quantitative estimate of drug-likeness (QED) is 0.596. The predicted octanol–water partition coefficient (Wildman–Crippen LogP) is 4.40. The number of Topliss-reactive ketones (excluding diaryl/α,β-unsaturated/α-hetero) is 1. The minimum absolute atomic E-state index is 0.131. The van der Waals surface area contributed by atoms with Crippen LogP contribution in [0.3, 0.4) is 0 Å². The minimum Gasteiger partial charge on any atom is -0.465 e. The average molecular weight is 349 g/mol. The van der Waals surface area contributed by atoms with Crippen molar-refractivity contribution in [2.75, 3.05) is 7.11 Å². The predicted molar refractivity (Wildman–Crippen MR) is 87.2 cm³/mol. The lowest BCUT2D eigenvalue weighted by molar-refractivity contribution is 0.0600. The lowest BCUT2D eigenvalue weighted by Gasteiger charge is -2.01. The number of hydrogen-bond donors (Lipinski definition) is 0. The average Bonchev–Trinajstić information content (AvgIpc) is 2.85. The van der Waals surface area contributed by atoms with Gasteiger partial charge in [0.1, 0.15) is 5.75 Å². The molecule has 1 aliphatic rings. The summed E-state index contributed by atoms with van der Waals surface area (Å²) in [6.07, 6.45) is 1.54. The number of halogens is 2. The van der Waals surface area contributed by atoms with Crippen LogP contribution in [0.15, 0.2) is 42.2 Å². The van der Waals surface area contributed by atoms with Crippen LogP contribution in [0.1, 0.15) is 26.3 Å². The lowest BCUT2D eigenvalue weighted by atomic mass is 10.1. The first-order chi connectivity index (χ1) is 11.0. The largest absolute Gasteiger partial charge is 0.465 e. The van der Waals surface area contributed by atoms with Crippen molar-refractivity contribution < 1.29 is 19.1 Å². The standard InChI is InChI=1S/C17H10Cl2O4/c1-22-17(21)10-3-5-14-12(6-10)16(20)15(23-14)7-9-2-4-11(18)8-13(9)19/h2-8H,1H3/b15-7-. The van der Waals surface area contributed by atoms with Crippen molar-refractivity contribution in [3.63, 3.8) is 0 Å². The Morgan fingerprint density at radius 3 is 2.65 bits per heavy atom. The van der Waals surface area contributed by atoms with Gasteiger partial charge in [-0.1, -0.05) is 29.3 Å². The number of hydrogen-bond acceptors (Lipinski definition) is 4. The number of benzene rings is 2. The second kappa shape index (κ2) is 6.07.